The van der Waals surface area contributed by atoms with Gasteiger partial charge in [0.15, 0.2) is 0 Å². The Hall–Kier alpha value is -1.96. The van der Waals surface area contributed by atoms with Crippen molar-refractivity contribution in [3.8, 4) is 0 Å². The predicted octanol–water partition coefficient (Wildman–Crippen LogP) is 2.97. The predicted molar refractivity (Wildman–Crippen MR) is 85.1 cm³/mol. The molecule has 0 aliphatic carbocycles. The molecule has 0 radical (unpaired) electrons. The van der Waals surface area contributed by atoms with Gasteiger partial charge in [0.1, 0.15) is 5.82 Å². The molecule has 0 aliphatic heterocycles. The lowest BCUT2D eigenvalue weighted by Gasteiger charge is -2.08. The molecule has 0 atom stereocenters. The van der Waals surface area contributed by atoms with E-state index in [-0.39, 0.29) is 12.2 Å². The maximum absolute atomic E-state index is 14.0. The third-order valence-corrected chi connectivity index (χ3v) is 3.94. The summed E-state index contributed by atoms with van der Waals surface area (Å²) in [5.74, 6) is -0.320. The summed E-state index contributed by atoms with van der Waals surface area (Å²) in [6.07, 6.45) is 4.58. The quantitative estimate of drug-likeness (QED) is 0.536. The van der Waals surface area contributed by atoms with Crippen LogP contribution < -0.4 is 5.56 Å². The summed E-state index contributed by atoms with van der Waals surface area (Å²) in [6, 6.07) is 6.54. The third kappa shape index (κ3) is 2.63. The van der Waals surface area contributed by atoms with Crippen LogP contribution >= 0.6 is 22.6 Å². The number of pyridine rings is 2. The second-order valence-electron chi connectivity index (χ2n) is 4.64. The molecule has 0 amide bonds. The molecule has 2 aromatic heterocycles. The molecule has 1 aromatic carbocycles. The molecule has 21 heavy (non-hydrogen) atoms. The van der Waals surface area contributed by atoms with E-state index in [1.165, 1.54) is 18.5 Å². The molecular weight excluding hydrogens is 386 g/mol. The first-order valence-electron chi connectivity index (χ1n) is 6.17. The molecule has 3 rings (SSSR count). The summed E-state index contributed by atoms with van der Waals surface area (Å²) in [4.78, 5) is 16.1. The Morgan fingerprint density at radius 1 is 1.24 bits per heavy atom. The van der Waals surface area contributed by atoms with E-state index in [4.69, 9.17) is 0 Å². The van der Waals surface area contributed by atoms with Crippen molar-refractivity contribution in [2.75, 3.05) is 0 Å². The Morgan fingerprint density at radius 2 is 2.05 bits per heavy atom. The summed E-state index contributed by atoms with van der Waals surface area (Å²) in [5, 5.41) is 10.5. The van der Waals surface area contributed by atoms with Gasteiger partial charge in [0.2, 0.25) is 0 Å². The fraction of sp³-hybridized carbons (Fsp3) is 0.0667. The van der Waals surface area contributed by atoms with Crippen LogP contribution in [0.25, 0.3) is 10.8 Å². The topological polar surface area (TPSA) is 55.1 Å². The number of nitrogens with zero attached hydrogens (tertiary/aromatic N) is 2. The summed E-state index contributed by atoms with van der Waals surface area (Å²) >= 11 is 2.04. The van der Waals surface area contributed by atoms with E-state index >= 15 is 0 Å². The highest BCUT2D eigenvalue weighted by Crippen LogP contribution is 2.20. The maximum atomic E-state index is 14.0. The van der Waals surface area contributed by atoms with E-state index in [1.54, 1.807) is 18.3 Å². The zero-order valence-corrected chi connectivity index (χ0v) is 12.9. The Kier molecular flexibility index (Phi) is 3.62. The Balaban J connectivity index is 2.17. The van der Waals surface area contributed by atoms with Crippen LogP contribution in [-0.2, 0) is 6.42 Å². The van der Waals surface area contributed by atoms with E-state index in [2.05, 4.69) is 4.98 Å². The molecule has 0 aliphatic rings. The number of hydrogen-bond acceptors (Lipinski definition) is 3. The van der Waals surface area contributed by atoms with Crippen molar-refractivity contribution < 1.29 is 9.60 Å². The molecular formula is C15H10FIN2O2. The van der Waals surface area contributed by atoms with Gasteiger partial charge in [0, 0.05) is 34.0 Å². The van der Waals surface area contributed by atoms with E-state index in [0.717, 1.165) is 3.57 Å². The van der Waals surface area contributed by atoms with Crippen molar-refractivity contribution >= 4 is 33.4 Å². The van der Waals surface area contributed by atoms with Gasteiger partial charge < -0.3 is 5.21 Å². The molecule has 0 saturated heterocycles. The van der Waals surface area contributed by atoms with Gasteiger partial charge in [-0.15, -0.1) is 0 Å². The van der Waals surface area contributed by atoms with Crippen LogP contribution in [0.15, 0.2) is 47.7 Å². The molecule has 3 aromatic rings. The van der Waals surface area contributed by atoms with Gasteiger partial charge >= 0.3 is 0 Å². The minimum Gasteiger partial charge on any atom is -0.425 e. The second kappa shape index (κ2) is 5.44. The van der Waals surface area contributed by atoms with E-state index in [0.29, 0.717) is 26.6 Å². The van der Waals surface area contributed by atoms with Crippen molar-refractivity contribution in [1.82, 2.24) is 9.71 Å². The Labute approximate surface area is 133 Å². The van der Waals surface area contributed by atoms with Gasteiger partial charge in [-0.05, 0) is 51.9 Å². The number of aromatic nitrogens is 2. The van der Waals surface area contributed by atoms with E-state index in [9.17, 15) is 14.4 Å². The number of fused-ring (bicyclic) bond motifs is 1. The normalized spacial score (nSPS) is 11.0. The van der Waals surface area contributed by atoms with Crippen molar-refractivity contribution in [3.63, 3.8) is 0 Å². The lowest BCUT2D eigenvalue weighted by molar-refractivity contribution is 0.176. The number of halogens is 2. The first kappa shape index (κ1) is 14.0. The minimum atomic E-state index is -0.532. The number of hydrogen-bond donors (Lipinski definition) is 1. The van der Waals surface area contributed by atoms with E-state index in [1.807, 2.05) is 28.7 Å². The molecule has 0 bridgehead atoms. The van der Waals surface area contributed by atoms with E-state index < -0.39 is 5.56 Å². The van der Waals surface area contributed by atoms with Crippen molar-refractivity contribution in [2.45, 2.75) is 6.42 Å². The van der Waals surface area contributed by atoms with Crippen LogP contribution in [-0.4, -0.2) is 14.9 Å². The lowest BCUT2D eigenvalue weighted by Crippen LogP contribution is -2.18. The molecule has 106 valence electrons. The van der Waals surface area contributed by atoms with Gasteiger partial charge in [0.05, 0.1) is 5.39 Å². The van der Waals surface area contributed by atoms with Crippen LogP contribution in [0.2, 0.25) is 0 Å². The molecule has 6 heteroatoms. The van der Waals surface area contributed by atoms with Crippen LogP contribution in [0.3, 0.4) is 0 Å². The van der Waals surface area contributed by atoms with Crippen molar-refractivity contribution in [2.24, 2.45) is 0 Å². The largest absolute Gasteiger partial charge is 0.425 e. The standard InChI is InChI=1S/C15H10FIN2O2/c16-13-6-12(17)2-1-9(13)5-11-8-18-7-10-3-4-19(21)15(20)14(10)11/h1-4,6-8,21H,5H2. The monoisotopic (exact) mass is 396 g/mol. The fourth-order valence-corrected chi connectivity index (χ4v) is 2.70. The summed E-state index contributed by atoms with van der Waals surface area (Å²) in [6.45, 7) is 0. The average Bonchev–Trinajstić information content (AvgIpc) is 2.46. The fourth-order valence-electron chi connectivity index (χ4n) is 2.25. The molecule has 0 spiro atoms. The zero-order chi connectivity index (χ0) is 15.0. The highest BCUT2D eigenvalue weighted by molar-refractivity contribution is 14.1. The second-order valence-corrected chi connectivity index (χ2v) is 5.89. The molecule has 1 N–H and O–H groups in total. The summed E-state index contributed by atoms with van der Waals surface area (Å²) < 4.78 is 15.3. The molecule has 4 nitrogen and oxygen atoms in total. The van der Waals surface area contributed by atoms with Crippen LogP contribution in [0.1, 0.15) is 11.1 Å². The molecule has 0 saturated carbocycles. The van der Waals surface area contributed by atoms with Gasteiger partial charge in [-0.1, -0.05) is 6.07 Å². The van der Waals surface area contributed by atoms with Gasteiger partial charge in [-0.25, -0.2) is 4.39 Å². The average molecular weight is 396 g/mol. The summed E-state index contributed by atoms with van der Waals surface area (Å²) in [5.41, 5.74) is 0.536. The third-order valence-electron chi connectivity index (χ3n) is 3.27. The maximum Gasteiger partial charge on any atom is 0.291 e. The van der Waals surface area contributed by atoms with Gasteiger partial charge in [0.25, 0.3) is 5.56 Å². The van der Waals surface area contributed by atoms with Crippen LogP contribution in [0.5, 0.6) is 0 Å². The van der Waals surface area contributed by atoms with Crippen molar-refractivity contribution in [1.29, 1.82) is 0 Å². The molecule has 2 heterocycles. The summed E-state index contributed by atoms with van der Waals surface area (Å²) in [7, 11) is 0. The van der Waals surface area contributed by atoms with Gasteiger partial charge in [-0.2, -0.15) is 4.73 Å². The SMILES string of the molecule is O=c1c2c(Cc3ccc(I)cc3F)cncc2ccn1O. The smallest absolute Gasteiger partial charge is 0.291 e. The lowest BCUT2D eigenvalue weighted by atomic mass is 10.0. The number of rotatable bonds is 2. The highest BCUT2D eigenvalue weighted by Gasteiger charge is 2.11. The number of benzene rings is 1. The molecule has 0 unspecified atom stereocenters. The van der Waals surface area contributed by atoms with Gasteiger partial charge in [-0.3, -0.25) is 9.78 Å². The highest BCUT2D eigenvalue weighted by atomic mass is 127. The zero-order valence-electron chi connectivity index (χ0n) is 10.8. The Bertz CT molecular complexity index is 892. The van der Waals surface area contributed by atoms with Crippen LogP contribution in [0.4, 0.5) is 4.39 Å². The first-order chi connectivity index (χ1) is 10.1. The first-order valence-corrected chi connectivity index (χ1v) is 7.25. The molecule has 0 fully saturated rings. The van der Waals surface area contributed by atoms with Crippen molar-refractivity contribution in [3.05, 3.63) is 73.7 Å². The minimum absolute atomic E-state index is 0.242. The Morgan fingerprint density at radius 3 is 2.81 bits per heavy atom. The van der Waals surface area contributed by atoms with Crippen LogP contribution in [0, 0.1) is 9.39 Å².